The normalized spacial score (nSPS) is 11.8. The van der Waals surface area contributed by atoms with Crippen LogP contribution < -0.4 is 0 Å². The molecular formula is C10H23BO4. The zero-order chi connectivity index (χ0) is 11.7. The standard InChI is InChI=1S/C10H23BO4/c1-4-5-6-7-14-11(13)15-9-10(2,3)8-12/h12-13H,4-9H2,1-3H3. The van der Waals surface area contributed by atoms with Crippen LogP contribution in [0.4, 0.5) is 0 Å². The highest BCUT2D eigenvalue weighted by Gasteiger charge is 2.22. The van der Waals surface area contributed by atoms with E-state index in [4.69, 9.17) is 14.4 Å². The van der Waals surface area contributed by atoms with Crippen molar-refractivity contribution in [2.75, 3.05) is 19.8 Å². The maximum atomic E-state index is 9.28. The fourth-order valence-electron chi connectivity index (χ4n) is 0.927. The van der Waals surface area contributed by atoms with Crippen molar-refractivity contribution in [3.63, 3.8) is 0 Å². The maximum Gasteiger partial charge on any atom is 0.636 e. The molecule has 15 heavy (non-hydrogen) atoms. The van der Waals surface area contributed by atoms with E-state index in [1.165, 1.54) is 0 Å². The Bertz CT molecular complexity index is 152. The highest BCUT2D eigenvalue weighted by Crippen LogP contribution is 2.13. The summed E-state index contributed by atoms with van der Waals surface area (Å²) in [5.74, 6) is 0. The molecule has 0 aliphatic carbocycles. The van der Waals surface area contributed by atoms with E-state index in [0.29, 0.717) is 6.61 Å². The Hall–Kier alpha value is -0.0951. The maximum absolute atomic E-state index is 9.28. The first-order valence-corrected chi connectivity index (χ1v) is 5.54. The van der Waals surface area contributed by atoms with Gasteiger partial charge in [0.25, 0.3) is 0 Å². The first-order chi connectivity index (χ1) is 7.02. The van der Waals surface area contributed by atoms with Gasteiger partial charge in [0, 0.05) is 18.6 Å². The number of aliphatic hydroxyl groups is 1. The number of hydrogen-bond acceptors (Lipinski definition) is 4. The molecule has 4 nitrogen and oxygen atoms in total. The minimum Gasteiger partial charge on any atom is -0.402 e. The topological polar surface area (TPSA) is 58.9 Å². The average Bonchev–Trinajstić information content (AvgIpc) is 2.22. The lowest BCUT2D eigenvalue weighted by Gasteiger charge is -2.22. The van der Waals surface area contributed by atoms with Gasteiger partial charge in [-0.2, -0.15) is 0 Å². The lowest BCUT2D eigenvalue weighted by molar-refractivity contribution is 0.0543. The molecule has 0 unspecified atom stereocenters. The summed E-state index contributed by atoms with van der Waals surface area (Å²) < 4.78 is 10.1. The second kappa shape index (κ2) is 8.10. The lowest BCUT2D eigenvalue weighted by Crippen LogP contribution is -2.31. The first kappa shape index (κ1) is 14.9. The van der Waals surface area contributed by atoms with Crippen molar-refractivity contribution >= 4 is 7.32 Å². The van der Waals surface area contributed by atoms with E-state index in [1.54, 1.807) is 0 Å². The van der Waals surface area contributed by atoms with Gasteiger partial charge in [-0.3, -0.25) is 0 Å². The molecule has 0 atom stereocenters. The SMILES string of the molecule is CCCCCOB(O)OCC(C)(C)CO. The third kappa shape index (κ3) is 8.87. The van der Waals surface area contributed by atoms with Crippen LogP contribution in [0.15, 0.2) is 0 Å². The van der Waals surface area contributed by atoms with Gasteiger partial charge >= 0.3 is 7.32 Å². The van der Waals surface area contributed by atoms with Crippen LogP contribution in [0.2, 0.25) is 0 Å². The highest BCUT2D eigenvalue weighted by atomic mass is 16.7. The molecule has 0 spiro atoms. The predicted molar refractivity (Wildman–Crippen MR) is 60.3 cm³/mol. The molecule has 0 saturated carbocycles. The van der Waals surface area contributed by atoms with Crippen molar-refractivity contribution in [2.24, 2.45) is 5.41 Å². The van der Waals surface area contributed by atoms with Crippen molar-refractivity contribution in [1.82, 2.24) is 0 Å². The largest absolute Gasteiger partial charge is 0.636 e. The van der Waals surface area contributed by atoms with E-state index in [0.717, 1.165) is 19.3 Å². The van der Waals surface area contributed by atoms with Crippen molar-refractivity contribution in [2.45, 2.75) is 40.0 Å². The van der Waals surface area contributed by atoms with Crippen LogP contribution in [0.1, 0.15) is 40.0 Å². The van der Waals surface area contributed by atoms with E-state index in [-0.39, 0.29) is 18.6 Å². The quantitative estimate of drug-likeness (QED) is 0.451. The smallest absolute Gasteiger partial charge is 0.402 e. The summed E-state index contributed by atoms with van der Waals surface area (Å²) in [4.78, 5) is 0. The Labute approximate surface area is 92.8 Å². The van der Waals surface area contributed by atoms with Gasteiger partial charge in [-0.15, -0.1) is 0 Å². The Kier molecular flexibility index (Phi) is 8.05. The third-order valence-electron chi connectivity index (χ3n) is 2.05. The zero-order valence-electron chi connectivity index (χ0n) is 10.0. The van der Waals surface area contributed by atoms with Crippen LogP contribution in [0.5, 0.6) is 0 Å². The van der Waals surface area contributed by atoms with Crippen molar-refractivity contribution < 1.29 is 19.4 Å². The molecule has 0 saturated heterocycles. The molecule has 0 aliphatic rings. The predicted octanol–water partition coefficient (Wildman–Crippen LogP) is 1.21. The monoisotopic (exact) mass is 218 g/mol. The van der Waals surface area contributed by atoms with Crippen molar-refractivity contribution in [1.29, 1.82) is 0 Å². The molecular weight excluding hydrogens is 195 g/mol. The number of aliphatic hydroxyl groups excluding tert-OH is 1. The molecule has 0 aromatic carbocycles. The molecule has 0 heterocycles. The van der Waals surface area contributed by atoms with Crippen molar-refractivity contribution in [3.05, 3.63) is 0 Å². The van der Waals surface area contributed by atoms with E-state index in [1.807, 2.05) is 13.8 Å². The van der Waals surface area contributed by atoms with E-state index < -0.39 is 7.32 Å². The highest BCUT2D eigenvalue weighted by molar-refractivity contribution is 6.34. The van der Waals surface area contributed by atoms with Gasteiger partial charge in [0.2, 0.25) is 0 Å². The fourth-order valence-corrected chi connectivity index (χ4v) is 0.927. The lowest BCUT2D eigenvalue weighted by atomic mass is 9.96. The molecule has 2 N–H and O–H groups in total. The fraction of sp³-hybridized carbons (Fsp3) is 1.00. The summed E-state index contributed by atoms with van der Waals surface area (Å²) in [6, 6.07) is 0. The molecule has 0 aromatic heterocycles. The molecule has 90 valence electrons. The third-order valence-corrected chi connectivity index (χ3v) is 2.05. The Morgan fingerprint density at radius 3 is 2.40 bits per heavy atom. The molecule has 0 radical (unpaired) electrons. The molecule has 5 heteroatoms. The van der Waals surface area contributed by atoms with Gasteiger partial charge in [-0.05, 0) is 6.42 Å². The zero-order valence-corrected chi connectivity index (χ0v) is 10.0. The van der Waals surface area contributed by atoms with Crippen LogP contribution in [0.25, 0.3) is 0 Å². The summed E-state index contributed by atoms with van der Waals surface area (Å²) in [5, 5.41) is 18.2. The van der Waals surface area contributed by atoms with Gasteiger partial charge in [-0.1, -0.05) is 33.6 Å². The summed E-state index contributed by atoms with van der Waals surface area (Å²) in [6.45, 7) is 6.63. The minimum absolute atomic E-state index is 0.0234. The summed E-state index contributed by atoms with van der Waals surface area (Å²) in [7, 11) is -1.17. The summed E-state index contributed by atoms with van der Waals surface area (Å²) in [5.41, 5.74) is -0.340. The van der Waals surface area contributed by atoms with Gasteiger partial charge in [-0.25, -0.2) is 0 Å². The van der Waals surface area contributed by atoms with Gasteiger partial charge in [0.1, 0.15) is 0 Å². The first-order valence-electron chi connectivity index (χ1n) is 5.54. The molecule has 0 fully saturated rings. The van der Waals surface area contributed by atoms with Crippen LogP contribution in [0.3, 0.4) is 0 Å². The van der Waals surface area contributed by atoms with Crippen LogP contribution >= 0.6 is 0 Å². The molecule has 0 aliphatic heterocycles. The minimum atomic E-state index is -1.17. The summed E-state index contributed by atoms with van der Waals surface area (Å²) >= 11 is 0. The van der Waals surface area contributed by atoms with E-state index >= 15 is 0 Å². The number of hydrogen-bond donors (Lipinski definition) is 2. The Morgan fingerprint density at radius 2 is 1.87 bits per heavy atom. The summed E-state index contributed by atoms with van der Waals surface area (Å²) in [6.07, 6.45) is 3.15. The van der Waals surface area contributed by atoms with Gasteiger partial charge in [0.05, 0.1) is 6.61 Å². The second-order valence-corrected chi connectivity index (χ2v) is 4.52. The Morgan fingerprint density at radius 1 is 1.20 bits per heavy atom. The molecule has 0 rings (SSSR count). The number of unbranched alkanes of at least 4 members (excludes halogenated alkanes) is 2. The van der Waals surface area contributed by atoms with Crippen LogP contribution in [-0.4, -0.2) is 37.3 Å². The van der Waals surface area contributed by atoms with Crippen LogP contribution in [-0.2, 0) is 9.31 Å². The number of rotatable bonds is 9. The van der Waals surface area contributed by atoms with Gasteiger partial charge in [0.15, 0.2) is 0 Å². The van der Waals surface area contributed by atoms with Crippen LogP contribution in [0, 0.1) is 5.41 Å². The van der Waals surface area contributed by atoms with E-state index in [2.05, 4.69) is 6.92 Å². The Balaban J connectivity index is 3.44. The molecule has 0 aromatic rings. The molecule has 0 bridgehead atoms. The molecule has 0 amide bonds. The second-order valence-electron chi connectivity index (χ2n) is 4.52. The van der Waals surface area contributed by atoms with E-state index in [9.17, 15) is 5.02 Å². The average molecular weight is 218 g/mol. The van der Waals surface area contributed by atoms with Gasteiger partial charge < -0.3 is 19.4 Å². The van der Waals surface area contributed by atoms with Crippen molar-refractivity contribution in [3.8, 4) is 0 Å².